The van der Waals surface area contributed by atoms with Gasteiger partial charge in [0.1, 0.15) is 36.6 Å². The molecule has 22 heteroatoms. The molecule has 4 aliphatic carbocycles. The van der Waals surface area contributed by atoms with Gasteiger partial charge in [-0.2, -0.15) is 0 Å². The molecule has 38 heavy (non-hydrogen) atoms. The molecule has 1 aliphatic heterocycles. The summed E-state index contributed by atoms with van der Waals surface area (Å²) >= 11 is 0. The topological polar surface area (TPSA) is 285 Å². The molecule has 0 radical (unpaired) electrons. The van der Waals surface area contributed by atoms with Crippen molar-refractivity contribution in [2.45, 2.75) is 75.5 Å². The molecule has 5 aliphatic rings. The quantitative estimate of drug-likeness (QED) is 0.161. The molecular formula is C16H28O18P4. The van der Waals surface area contributed by atoms with E-state index in [0.717, 1.165) is 6.42 Å². The van der Waals surface area contributed by atoms with Gasteiger partial charge in [0.15, 0.2) is 5.79 Å². The number of hydrogen-bond acceptors (Lipinski definition) is 10. The van der Waals surface area contributed by atoms with Crippen LogP contribution >= 0.6 is 31.3 Å². The molecule has 3 unspecified atom stereocenters. The Hall–Kier alpha value is 0.360. The summed E-state index contributed by atoms with van der Waals surface area (Å²) in [4.78, 5) is 76.3. The van der Waals surface area contributed by atoms with Crippen molar-refractivity contribution in [3.8, 4) is 0 Å². The highest BCUT2D eigenvalue weighted by Crippen LogP contribution is 2.86. The van der Waals surface area contributed by atoms with E-state index >= 15 is 0 Å². The molecule has 18 nitrogen and oxygen atoms in total. The van der Waals surface area contributed by atoms with Crippen LogP contribution < -0.4 is 0 Å². The zero-order chi connectivity index (χ0) is 28.5. The molecule has 0 amide bonds. The van der Waals surface area contributed by atoms with Gasteiger partial charge in [-0.3, -0.25) is 18.1 Å². The lowest BCUT2D eigenvalue weighted by atomic mass is 9.32. The molecule has 8 N–H and O–H groups in total. The van der Waals surface area contributed by atoms with Crippen molar-refractivity contribution in [2.75, 3.05) is 0 Å². The van der Waals surface area contributed by atoms with Crippen LogP contribution in [0.4, 0.5) is 0 Å². The van der Waals surface area contributed by atoms with Gasteiger partial charge >= 0.3 is 31.3 Å². The van der Waals surface area contributed by atoms with Crippen LogP contribution in [0.25, 0.3) is 0 Å². The Labute approximate surface area is 214 Å². The lowest BCUT2D eigenvalue weighted by molar-refractivity contribution is -0.439. The van der Waals surface area contributed by atoms with Crippen LogP contribution in [0, 0.1) is 22.7 Å². The number of hydrogen-bond donors (Lipinski definition) is 8. The molecule has 0 aromatic rings. The molecule has 1 heterocycles. The minimum absolute atomic E-state index is 0.261. The fourth-order valence-electron chi connectivity index (χ4n) is 7.65. The van der Waals surface area contributed by atoms with Crippen LogP contribution in [-0.2, 0) is 45.8 Å². The average Bonchev–Trinajstić information content (AvgIpc) is 3.10. The van der Waals surface area contributed by atoms with E-state index in [4.69, 9.17) is 18.5 Å². The number of rotatable bonds is 8. The Bertz CT molecular complexity index is 1120. The monoisotopic (exact) mass is 632 g/mol. The molecule has 0 aromatic heterocycles. The fourth-order valence-corrected chi connectivity index (χ4v) is 9.88. The fraction of sp³-hybridized carbons (Fsp3) is 1.00. The average molecular weight is 632 g/mol. The van der Waals surface area contributed by atoms with E-state index in [1.54, 1.807) is 0 Å². The summed E-state index contributed by atoms with van der Waals surface area (Å²) in [5.74, 6) is -1.45. The summed E-state index contributed by atoms with van der Waals surface area (Å²) < 4.78 is 78.6. The maximum Gasteiger partial charge on any atom is 0.470 e. The van der Waals surface area contributed by atoms with E-state index in [1.807, 2.05) is 13.8 Å². The van der Waals surface area contributed by atoms with Gasteiger partial charge in [-0.15, -0.1) is 0 Å². The first kappa shape index (κ1) is 29.8. The Morgan fingerprint density at radius 3 is 1.39 bits per heavy atom. The third-order valence-corrected chi connectivity index (χ3v) is 11.2. The first-order valence-corrected chi connectivity index (χ1v) is 17.4. The Morgan fingerprint density at radius 2 is 1.03 bits per heavy atom. The highest BCUT2D eigenvalue weighted by molar-refractivity contribution is 7.47. The smallest absolute Gasteiger partial charge is 0.340 e. The largest absolute Gasteiger partial charge is 0.470 e. The van der Waals surface area contributed by atoms with E-state index in [1.165, 1.54) is 0 Å². The first-order chi connectivity index (χ1) is 17.0. The van der Waals surface area contributed by atoms with E-state index in [0.29, 0.717) is 18.8 Å². The highest BCUT2D eigenvalue weighted by Gasteiger charge is 2.89. The van der Waals surface area contributed by atoms with Crippen molar-refractivity contribution < 1.29 is 85.0 Å². The van der Waals surface area contributed by atoms with Crippen molar-refractivity contribution in [1.29, 1.82) is 0 Å². The van der Waals surface area contributed by atoms with Crippen LogP contribution in [0.1, 0.15) is 33.1 Å². The van der Waals surface area contributed by atoms with Gasteiger partial charge in [-0.05, 0) is 30.6 Å². The first-order valence-electron chi connectivity index (χ1n) is 11.3. The van der Waals surface area contributed by atoms with Crippen LogP contribution in [0.15, 0.2) is 0 Å². The minimum Gasteiger partial charge on any atom is -0.340 e. The van der Waals surface area contributed by atoms with Gasteiger partial charge in [0.05, 0.1) is 0 Å². The van der Waals surface area contributed by atoms with Crippen molar-refractivity contribution in [3.63, 3.8) is 0 Å². The van der Waals surface area contributed by atoms with Gasteiger partial charge in [-0.25, -0.2) is 18.3 Å². The predicted molar refractivity (Wildman–Crippen MR) is 117 cm³/mol. The number of phosphoric ester groups is 4. The summed E-state index contributed by atoms with van der Waals surface area (Å²) in [5, 5.41) is 0. The molecule has 4 saturated carbocycles. The number of ether oxygens (including phenoxy) is 2. The summed E-state index contributed by atoms with van der Waals surface area (Å²) in [6.45, 7) is 3.87. The van der Waals surface area contributed by atoms with E-state index in [9.17, 15) is 57.4 Å². The second-order valence-electron chi connectivity index (χ2n) is 10.7. The maximum absolute atomic E-state index is 11.9. The third kappa shape index (κ3) is 4.51. The maximum atomic E-state index is 11.9. The lowest BCUT2D eigenvalue weighted by Gasteiger charge is -2.76. The Kier molecular flexibility index (Phi) is 6.83. The van der Waals surface area contributed by atoms with Gasteiger partial charge in [0, 0.05) is 11.3 Å². The Morgan fingerprint density at radius 1 is 0.658 bits per heavy atom. The molecule has 0 bridgehead atoms. The van der Waals surface area contributed by atoms with Crippen molar-refractivity contribution in [1.82, 2.24) is 0 Å². The predicted octanol–water partition coefficient (Wildman–Crippen LogP) is -0.152. The normalized spacial score (nSPS) is 48.4. The van der Waals surface area contributed by atoms with Crippen LogP contribution in [0.2, 0.25) is 0 Å². The highest BCUT2D eigenvalue weighted by atomic mass is 31.2. The molecular weight excluding hydrogens is 604 g/mol. The minimum atomic E-state index is -5.64. The molecule has 1 spiro atoms. The van der Waals surface area contributed by atoms with Crippen molar-refractivity contribution in [2.24, 2.45) is 22.7 Å². The van der Waals surface area contributed by atoms with Crippen LogP contribution in [0.3, 0.4) is 0 Å². The number of fused-ring (bicyclic) bond motifs is 3. The summed E-state index contributed by atoms with van der Waals surface area (Å²) in [5.41, 5.74) is -0.965. The lowest BCUT2D eigenvalue weighted by Crippen LogP contribution is -2.80. The van der Waals surface area contributed by atoms with E-state index < -0.39 is 79.1 Å². The summed E-state index contributed by atoms with van der Waals surface area (Å²) in [6, 6.07) is 0. The Balaban J connectivity index is 1.64. The molecule has 5 fully saturated rings. The standard InChI is InChI=1S/C16H28O18P4/c1-14-4-3-6-5-7(15(6,14)2)16(14)29-8-9(30-16)11(32-36(20,21)22)13(34-38(26,27)28)12(33-37(23,24)25)10(8)31-35(17,18)19/h6-13H,3-5H2,1-2H3,(H2,17,18,19)(H2,20,21,22)(H2,23,24,25)(H2,26,27,28)/t6-,7?,8-,9+,10-,11-,12+,13+,14-,15?,16?/m0/s1. The molecule has 220 valence electrons. The molecule has 1 saturated heterocycles. The van der Waals surface area contributed by atoms with Gasteiger partial charge < -0.3 is 48.6 Å². The number of phosphoric acid groups is 4. The van der Waals surface area contributed by atoms with Gasteiger partial charge in [-0.1, -0.05) is 13.8 Å². The zero-order valence-corrected chi connectivity index (χ0v) is 23.3. The molecule has 5 rings (SSSR count). The van der Waals surface area contributed by atoms with Crippen LogP contribution in [0.5, 0.6) is 0 Å². The second-order valence-corrected chi connectivity index (χ2v) is 15.5. The third-order valence-electron chi connectivity index (χ3n) is 9.10. The zero-order valence-electron chi connectivity index (χ0n) is 19.7. The molecule has 11 atom stereocenters. The molecule has 0 aromatic carbocycles. The van der Waals surface area contributed by atoms with Crippen LogP contribution in [-0.4, -0.2) is 81.6 Å². The second kappa shape index (κ2) is 8.70. The summed E-state index contributed by atoms with van der Waals surface area (Å²) in [6.07, 6.45) is -10.8. The van der Waals surface area contributed by atoms with E-state index in [-0.39, 0.29) is 11.3 Å². The van der Waals surface area contributed by atoms with Gasteiger partial charge in [0.2, 0.25) is 0 Å². The summed E-state index contributed by atoms with van der Waals surface area (Å²) in [7, 11) is -22.3. The van der Waals surface area contributed by atoms with Crippen molar-refractivity contribution in [3.05, 3.63) is 0 Å². The van der Waals surface area contributed by atoms with Crippen molar-refractivity contribution >= 4 is 31.3 Å². The van der Waals surface area contributed by atoms with Gasteiger partial charge in [0.25, 0.3) is 0 Å². The SMILES string of the molecule is CC12C3C[C@@H]1CC[C@]2(C)C31O[C@@H]2[C@H](O1)[C@H](OP(=O)(O)O)[C@@H](OP(=O)(O)O)[C@H](OP(=O)(O)O)[C@H]2OP(=O)(O)O. The van der Waals surface area contributed by atoms with E-state index in [2.05, 4.69) is 9.05 Å².